The first-order valence-electron chi connectivity index (χ1n) is 10.0. The van der Waals surface area contributed by atoms with Crippen molar-refractivity contribution in [2.45, 2.75) is 31.2 Å². The van der Waals surface area contributed by atoms with E-state index in [0.29, 0.717) is 0 Å². The van der Waals surface area contributed by atoms with Crippen molar-refractivity contribution in [3.8, 4) is 11.1 Å². The van der Waals surface area contributed by atoms with E-state index < -0.39 is 30.1 Å². The molecule has 2 aliphatic rings. The predicted molar refractivity (Wildman–Crippen MR) is 110 cm³/mol. The van der Waals surface area contributed by atoms with E-state index in [1.165, 1.54) is 0 Å². The Morgan fingerprint density at radius 2 is 1.60 bits per heavy atom. The number of rotatable bonds is 7. The second-order valence-corrected chi connectivity index (χ2v) is 8.00. The number of carbonyl (C=O) groups is 3. The highest BCUT2D eigenvalue weighted by Crippen LogP contribution is 2.44. The fourth-order valence-electron chi connectivity index (χ4n) is 4.19. The molecule has 0 heterocycles. The van der Waals surface area contributed by atoms with Crippen molar-refractivity contribution >= 4 is 18.0 Å². The maximum absolute atomic E-state index is 12.6. The number of fused-ring (bicyclic) bond motifs is 3. The van der Waals surface area contributed by atoms with E-state index in [1.807, 2.05) is 36.4 Å². The molecule has 3 N–H and O–H groups in total. The molecule has 7 nitrogen and oxygen atoms in total. The fraction of sp³-hybridized carbons (Fsp3) is 0.348. The van der Waals surface area contributed by atoms with Crippen LogP contribution in [0.4, 0.5) is 4.79 Å². The van der Waals surface area contributed by atoms with Crippen LogP contribution in [0.25, 0.3) is 11.1 Å². The minimum Gasteiger partial charge on any atom is -0.480 e. The molecule has 0 radical (unpaired) electrons. The summed E-state index contributed by atoms with van der Waals surface area (Å²) in [6.45, 7) is 1.27. The second kappa shape index (κ2) is 7.82. The molecule has 0 aliphatic heterocycles. The summed E-state index contributed by atoms with van der Waals surface area (Å²) in [5.41, 5.74) is 3.29. The average Bonchev–Trinajstić information content (AvgIpc) is 3.54. The third-order valence-corrected chi connectivity index (χ3v) is 5.97. The van der Waals surface area contributed by atoms with Gasteiger partial charge in [-0.25, -0.2) is 4.79 Å². The summed E-state index contributed by atoms with van der Waals surface area (Å²) in [5.74, 6) is -1.76. The zero-order valence-electron chi connectivity index (χ0n) is 16.7. The smallest absolute Gasteiger partial charge is 0.408 e. The second-order valence-electron chi connectivity index (χ2n) is 8.00. The van der Waals surface area contributed by atoms with E-state index in [2.05, 4.69) is 22.8 Å². The fourth-order valence-corrected chi connectivity index (χ4v) is 4.19. The van der Waals surface area contributed by atoms with Gasteiger partial charge in [0.15, 0.2) is 0 Å². The molecule has 1 saturated carbocycles. The summed E-state index contributed by atoms with van der Waals surface area (Å²) in [6, 6.07) is 16.1. The van der Waals surface area contributed by atoms with Gasteiger partial charge in [-0.3, -0.25) is 9.59 Å². The lowest BCUT2D eigenvalue weighted by molar-refractivity contribution is -0.139. The molecule has 1 fully saturated rings. The predicted octanol–water partition coefficient (Wildman–Crippen LogP) is 2.89. The lowest BCUT2D eigenvalue weighted by Crippen LogP contribution is -2.59. The van der Waals surface area contributed by atoms with Gasteiger partial charge < -0.3 is 20.5 Å². The molecule has 0 bridgehead atoms. The van der Waals surface area contributed by atoms with E-state index in [1.54, 1.807) is 6.92 Å². The van der Waals surface area contributed by atoms with Crippen LogP contribution >= 0.6 is 0 Å². The Bertz CT molecular complexity index is 955. The highest BCUT2D eigenvalue weighted by Gasteiger charge is 2.48. The van der Waals surface area contributed by atoms with Crippen molar-refractivity contribution in [1.29, 1.82) is 0 Å². The first-order chi connectivity index (χ1) is 14.4. The SMILES string of the molecule is CC(NC(=O)OCC1c2ccccc2-c2ccccc21)(C(=O)NCC(=O)O)C1CC1. The number of hydrogen-bond acceptors (Lipinski definition) is 4. The molecule has 2 aromatic rings. The van der Waals surface area contributed by atoms with Gasteiger partial charge in [-0.15, -0.1) is 0 Å². The van der Waals surface area contributed by atoms with Crippen LogP contribution in [0.15, 0.2) is 48.5 Å². The number of aliphatic carboxylic acids is 1. The van der Waals surface area contributed by atoms with Gasteiger partial charge in [0.2, 0.25) is 5.91 Å². The van der Waals surface area contributed by atoms with E-state index in [-0.39, 0.29) is 18.4 Å². The first-order valence-corrected chi connectivity index (χ1v) is 10.0. The van der Waals surface area contributed by atoms with Crippen molar-refractivity contribution in [3.63, 3.8) is 0 Å². The van der Waals surface area contributed by atoms with E-state index in [0.717, 1.165) is 35.1 Å². The Morgan fingerprint density at radius 3 is 2.13 bits per heavy atom. The van der Waals surface area contributed by atoms with Gasteiger partial charge in [-0.05, 0) is 47.9 Å². The Kier molecular flexibility index (Phi) is 5.20. The van der Waals surface area contributed by atoms with Gasteiger partial charge in [0.25, 0.3) is 0 Å². The minimum absolute atomic E-state index is 0.0354. The Labute approximate surface area is 174 Å². The van der Waals surface area contributed by atoms with Crippen molar-refractivity contribution in [2.75, 3.05) is 13.2 Å². The van der Waals surface area contributed by atoms with Gasteiger partial charge >= 0.3 is 12.1 Å². The lowest BCUT2D eigenvalue weighted by Gasteiger charge is -2.29. The molecular formula is C23H24N2O5. The molecule has 7 heteroatoms. The summed E-state index contributed by atoms with van der Waals surface area (Å²) in [4.78, 5) is 35.9. The molecule has 2 amide bonds. The number of nitrogens with one attached hydrogen (secondary N) is 2. The molecule has 2 aliphatic carbocycles. The summed E-state index contributed by atoms with van der Waals surface area (Å²) < 4.78 is 5.54. The van der Waals surface area contributed by atoms with Crippen LogP contribution in [0.2, 0.25) is 0 Å². The molecule has 0 aromatic heterocycles. The van der Waals surface area contributed by atoms with Crippen LogP contribution in [0.5, 0.6) is 0 Å². The maximum atomic E-state index is 12.6. The largest absolute Gasteiger partial charge is 0.480 e. The van der Waals surface area contributed by atoms with Crippen molar-refractivity contribution < 1.29 is 24.2 Å². The zero-order valence-corrected chi connectivity index (χ0v) is 16.7. The quantitative estimate of drug-likeness (QED) is 0.653. The van der Waals surface area contributed by atoms with Crippen LogP contribution in [-0.4, -0.2) is 41.8 Å². The van der Waals surface area contributed by atoms with Crippen LogP contribution in [-0.2, 0) is 14.3 Å². The molecule has 0 spiro atoms. The number of amides is 2. The number of alkyl carbamates (subject to hydrolysis) is 1. The normalized spacial score (nSPS) is 16.7. The Hall–Kier alpha value is -3.35. The van der Waals surface area contributed by atoms with Gasteiger partial charge in [-0.2, -0.15) is 0 Å². The zero-order chi connectivity index (χ0) is 21.3. The Balaban J connectivity index is 1.44. The highest BCUT2D eigenvalue weighted by atomic mass is 16.5. The molecule has 2 aromatic carbocycles. The van der Waals surface area contributed by atoms with Crippen LogP contribution in [0.3, 0.4) is 0 Å². The topological polar surface area (TPSA) is 105 Å². The number of carboxylic acids is 1. The number of carbonyl (C=O) groups excluding carboxylic acids is 2. The maximum Gasteiger partial charge on any atom is 0.408 e. The van der Waals surface area contributed by atoms with Gasteiger partial charge in [-0.1, -0.05) is 48.5 Å². The van der Waals surface area contributed by atoms with Crippen molar-refractivity contribution in [1.82, 2.24) is 10.6 Å². The number of hydrogen-bond donors (Lipinski definition) is 3. The molecule has 0 saturated heterocycles. The molecule has 30 heavy (non-hydrogen) atoms. The molecular weight excluding hydrogens is 384 g/mol. The van der Waals surface area contributed by atoms with Crippen LogP contribution < -0.4 is 10.6 Å². The highest BCUT2D eigenvalue weighted by molar-refractivity contribution is 5.92. The minimum atomic E-state index is -1.20. The molecule has 156 valence electrons. The number of benzene rings is 2. The van der Waals surface area contributed by atoms with Crippen molar-refractivity contribution in [2.24, 2.45) is 5.92 Å². The molecule has 1 unspecified atom stereocenters. The van der Waals surface area contributed by atoms with Crippen molar-refractivity contribution in [3.05, 3.63) is 59.7 Å². The summed E-state index contributed by atoms with van der Waals surface area (Å²) in [7, 11) is 0. The van der Waals surface area contributed by atoms with Gasteiger partial charge in [0, 0.05) is 5.92 Å². The summed E-state index contributed by atoms with van der Waals surface area (Å²) in [6.07, 6.45) is 0.901. The first kappa shape index (κ1) is 19.9. The third kappa shape index (κ3) is 3.75. The van der Waals surface area contributed by atoms with E-state index >= 15 is 0 Å². The third-order valence-electron chi connectivity index (χ3n) is 5.97. The monoisotopic (exact) mass is 408 g/mol. The molecule has 1 atom stereocenters. The van der Waals surface area contributed by atoms with E-state index in [9.17, 15) is 14.4 Å². The van der Waals surface area contributed by atoms with Gasteiger partial charge in [0.05, 0.1) is 0 Å². The van der Waals surface area contributed by atoms with Gasteiger partial charge in [0.1, 0.15) is 18.7 Å². The summed E-state index contributed by atoms with van der Waals surface area (Å²) in [5, 5.41) is 13.9. The lowest BCUT2D eigenvalue weighted by atomic mass is 9.94. The average molecular weight is 408 g/mol. The van der Waals surface area contributed by atoms with E-state index in [4.69, 9.17) is 9.84 Å². The summed E-state index contributed by atoms with van der Waals surface area (Å²) >= 11 is 0. The number of carboxylic acid groups (broad SMARTS) is 1. The Morgan fingerprint density at radius 1 is 1.03 bits per heavy atom. The van der Waals surface area contributed by atoms with Crippen LogP contribution in [0, 0.1) is 5.92 Å². The molecule has 4 rings (SSSR count). The standard InChI is InChI=1S/C23H24N2O5/c1-23(14-10-11-14,21(28)24-12-20(26)27)25-22(29)30-13-19-17-8-4-2-6-15(17)16-7-3-5-9-18(16)19/h2-9,14,19H,10-13H2,1H3,(H,24,28)(H,25,29)(H,26,27). The van der Waals surface area contributed by atoms with Crippen LogP contribution in [0.1, 0.15) is 36.8 Å². The number of ether oxygens (including phenoxy) is 1.